The van der Waals surface area contributed by atoms with E-state index in [2.05, 4.69) is 23.3 Å². The van der Waals surface area contributed by atoms with Crippen molar-refractivity contribution in [3.8, 4) is 0 Å². The van der Waals surface area contributed by atoms with Crippen molar-refractivity contribution in [2.75, 3.05) is 13.2 Å². The number of carboxylic acid groups (broad SMARTS) is 2. The van der Waals surface area contributed by atoms with E-state index in [0.717, 1.165) is 64.2 Å². The Labute approximate surface area is 293 Å². The third kappa shape index (κ3) is 28.5. The van der Waals surface area contributed by atoms with Crippen molar-refractivity contribution < 1.29 is 124 Å². The quantitative estimate of drug-likeness (QED) is 0.0475. The fourth-order valence-corrected chi connectivity index (χ4v) is 4.54. The SMILES string of the molecule is CCCCCCCCOC(=O)C(CC(=O)[O-])S(=O)(=O)O.CCCCCCCCOC(=O)C(CC(=O)[O-])S(=O)(=O)O.[Na+].[Na+]. The van der Waals surface area contributed by atoms with Gasteiger partial charge in [0.05, 0.1) is 13.2 Å². The maximum absolute atomic E-state index is 11.4. The first kappa shape index (κ1) is 48.6. The van der Waals surface area contributed by atoms with Gasteiger partial charge < -0.3 is 29.3 Å². The summed E-state index contributed by atoms with van der Waals surface area (Å²) in [5, 5.41) is 16.5. The summed E-state index contributed by atoms with van der Waals surface area (Å²) in [6.45, 7) is 4.19. The van der Waals surface area contributed by atoms with Crippen molar-refractivity contribution >= 4 is 44.1 Å². The Morgan fingerprint density at radius 1 is 0.571 bits per heavy atom. The maximum atomic E-state index is 11.4. The van der Waals surface area contributed by atoms with Crippen LogP contribution in [0.1, 0.15) is 104 Å². The van der Waals surface area contributed by atoms with Crippen LogP contribution in [0.2, 0.25) is 0 Å². The Morgan fingerprint density at radius 3 is 1.07 bits per heavy atom. The fraction of sp³-hybridized carbons (Fsp3) is 0.833. The Morgan fingerprint density at radius 2 is 0.833 bits per heavy atom. The van der Waals surface area contributed by atoms with Crippen LogP contribution in [-0.4, -0.2) is 73.5 Å². The van der Waals surface area contributed by atoms with Gasteiger partial charge in [0.1, 0.15) is 0 Å². The van der Waals surface area contributed by atoms with Crippen LogP contribution < -0.4 is 69.3 Å². The number of unbranched alkanes of at least 4 members (excludes halogenated alkanes) is 10. The summed E-state index contributed by atoms with van der Waals surface area (Å²) in [6.07, 6.45) is 9.24. The van der Waals surface area contributed by atoms with Crippen molar-refractivity contribution in [3.63, 3.8) is 0 Å². The van der Waals surface area contributed by atoms with E-state index in [0.29, 0.717) is 12.8 Å². The molecule has 0 saturated heterocycles. The Balaban J connectivity index is -0.000000328. The van der Waals surface area contributed by atoms with E-state index < -0.39 is 67.5 Å². The Hall–Kier alpha value is -0.300. The molecule has 0 saturated carbocycles. The predicted octanol–water partition coefficient (Wildman–Crippen LogP) is -5.42. The van der Waals surface area contributed by atoms with Crippen LogP contribution in [0, 0.1) is 0 Å². The number of esters is 2. The summed E-state index contributed by atoms with van der Waals surface area (Å²) in [5.41, 5.74) is 0. The second-order valence-electron chi connectivity index (χ2n) is 9.03. The molecule has 42 heavy (non-hydrogen) atoms. The number of aliphatic carboxylic acids is 2. The minimum Gasteiger partial charge on any atom is -0.550 e. The van der Waals surface area contributed by atoms with Crippen molar-refractivity contribution in [1.82, 2.24) is 0 Å². The van der Waals surface area contributed by atoms with Gasteiger partial charge in [-0.2, -0.15) is 16.8 Å². The van der Waals surface area contributed by atoms with Gasteiger partial charge in [-0.1, -0.05) is 78.1 Å². The van der Waals surface area contributed by atoms with E-state index in [4.69, 9.17) is 9.11 Å². The van der Waals surface area contributed by atoms with E-state index in [9.17, 15) is 46.2 Å². The van der Waals surface area contributed by atoms with Gasteiger partial charge in [-0.3, -0.25) is 18.7 Å². The maximum Gasteiger partial charge on any atom is 1.00 e. The van der Waals surface area contributed by atoms with Gasteiger partial charge in [-0.15, -0.1) is 0 Å². The second-order valence-corrected chi connectivity index (χ2v) is 12.2. The first-order valence-corrected chi connectivity index (χ1v) is 16.2. The summed E-state index contributed by atoms with van der Waals surface area (Å²) < 4.78 is 70.4. The third-order valence-corrected chi connectivity index (χ3v) is 7.59. The Bertz CT molecular complexity index is 894. The molecule has 2 atom stereocenters. The molecular formula is C24H42Na2O14S2. The number of carbonyl (C=O) groups excluding carboxylic acids is 4. The average molecular weight is 665 g/mol. The minimum absolute atomic E-state index is 0. The molecule has 0 fully saturated rings. The summed E-state index contributed by atoms with van der Waals surface area (Å²) >= 11 is 0. The molecule has 236 valence electrons. The number of carboxylic acids is 2. The topological polar surface area (TPSA) is 242 Å². The van der Waals surface area contributed by atoms with Crippen LogP contribution in [0.15, 0.2) is 0 Å². The van der Waals surface area contributed by atoms with Gasteiger partial charge in [-0.25, -0.2) is 0 Å². The summed E-state index contributed by atoms with van der Waals surface area (Å²) in [5.74, 6) is -6.01. The van der Waals surface area contributed by atoms with Gasteiger partial charge in [-0.05, 0) is 12.8 Å². The molecule has 0 aliphatic carbocycles. The van der Waals surface area contributed by atoms with E-state index in [1.54, 1.807) is 0 Å². The van der Waals surface area contributed by atoms with Crippen LogP contribution in [0.4, 0.5) is 0 Å². The van der Waals surface area contributed by atoms with Crippen molar-refractivity contribution in [1.29, 1.82) is 0 Å². The predicted molar refractivity (Wildman–Crippen MR) is 139 cm³/mol. The fourth-order valence-electron chi connectivity index (χ4n) is 3.22. The molecule has 0 aromatic rings. The van der Waals surface area contributed by atoms with Gasteiger partial charge in [0.2, 0.25) is 0 Å². The van der Waals surface area contributed by atoms with Gasteiger partial charge in [0, 0.05) is 24.8 Å². The third-order valence-electron chi connectivity index (χ3n) is 5.43. The van der Waals surface area contributed by atoms with Gasteiger partial charge >= 0.3 is 71.1 Å². The second kappa shape index (κ2) is 28.2. The molecule has 0 heterocycles. The standard InChI is InChI=1S/2C12H22O7S.2Na/c2*1-2-3-4-5-6-7-8-19-12(15)10(9-11(13)14)20(16,17)18;;/h2*10H,2-9H2,1H3,(H,13,14)(H,16,17,18);;/q;;2*+1/p-2. The molecule has 0 rings (SSSR count). The monoisotopic (exact) mass is 664 g/mol. The average Bonchev–Trinajstić information content (AvgIpc) is 2.83. The zero-order valence-electron chi connectivity index (χ0n) is 25.1. The largest absolute Gasteiger partial charge is 1.00 e. The van der Waals surface area contributed by atoms with E-state index in [1.165, 1.54) is 0 Å². The normalized spacial score (nSPS) is 12.3. The molecule has 0 aliphatic heterocycles. The van der Waals surface area contributed by atoms with Crippen molar-refractivity contribution in [2.24, 2.45) is 0 Å². The first-order valence-electron chi connectivity index (χ1n) is 13.2. The molecule has 0 radical (unpaired) electrons. The molecule has 2 unspecified atom stereocenters. The van der Waals surface area contributed by atoms with E-state index >= 15 is 0 Å². The van der Waals surface area contributed by atoms with Crippen LogP contribution >= 0.6 is 0 Å². The van der Waals surface area contributed by atoms with E-state index in [-0.39, 0.29) is 72.3 Å². The van der Waals surface area contributed by atoms with Crippen LogP contribution in [0.3, 0.4) is 0 Å². The summed E-state index contributed by atoms with van der Waals surface area (Å²) in [4.78, 5) is 43.5. The molecule has 18 heteroatoms. The molecule has 0 aromatic heterocycles. The molecule has 0 amide bonds. The van der Waals surface area contributed by atoms with Gasteiger partial charge in [0.15, 0.2) is 10.5 Å². The zero-order valence-corrected chi connectivity index (χ0v) is 30.7. The van der Waals surface area contributed by atoms with Crippen molar-refractivity contribution in [2.45, 2.75) is 114 Å². The molecular weight excluding hydrogens is 622 g/mol. The molecule has 0 aliphatic rings. The molecule has 0 spiro atoms. The Kier molecular flexibility index (Phi) is 32.6. The first-order chi connectivity index (χ1) is 18.6. The number of hydrogen-bond acceptors (Lipinski definition) is 12. The molecule has 14 nitrogen and oxygen atoms in total. The van der Waals surface area contributed by atoms with Crippen LogP contribution in [0.5, 0.6) is 0 Å². The number of hydrogen-bond donors (Lipinski definition) is 2. The number of rotatable bonds is 22. The van der Waals surface area contributed by atoms with Crippen LogP contribution in [0.25, 0.3) is 0 Å². The molecule has 0 aromatic carbocycles. The van der Waals surface area contributed by atoms with Gasteiger partial charge in [0.25, 0.3) is 20.2 Å². The van der Waals surface area contributed by atoms with E-state index in [1.807, 2.05) is 0 Å². The molecule has 0 bridgehead atoms. The number of ether oxygens (including phenoxy) is 2. The number of carbonyl (C=O) groups is 4. The zero-order chi connectivity index (χ0) is 31.2. The summed E-state index contributed by atoms with van der Waals surface area (Å²) in [7, 11) is -9.62. The van der Waals surface area contributed by atoms with Crippen molar-refractivity contribution in [3.05, 3.63) is 0 Å². The molecule has 2 N–H and O–H groups in total. The van der Waals surface area contributed by atoms with Crippen LogP contribution in [-0.2, 0) is 48.9 Å². The summed E-state index contributed by atoms with van der Waals surface area (Å²) in [6, 6.07) is 0. The smallest absolute Gasteiger partial charge is 0.550 e. The minimum atomic E-state index is -4.81.